The summed E-state index contributed by atoms with van der Waals surface area (Å²) in [6.45, 7) is 4.04. The summed E-state index contributed by atoms with van der Waals surface area (Å²) in [6, 6.07) is 3.61. The Morgan fingerprint density at radius 2 is 1.95 bits per heavy atom. The lowest BCUT2D eigenvalue weighted by molar-refractivity contribution is -0.126. The van der Waals surface area contributed by atoms with Gasteiger partial charge in [-0.05, 0) is 19.1 Å². The normalized spacial score (nSPS) is 11.0. The SMILES string of the molecule is CC(=O)N(C(C)=O)n1c(C)nc2c(sc3ncccc32)c1=O. The van der Waals surface area contributed by atoms with Crippen LogP contribution >= 0.6 is 11.3 Å². The van der Waals surface area contributed by atoms with Crippen LogP contribution < -0.4 is 10.6 Å². The zero-order valence-corrected chi connectivity index (χ0v) is 13.0. The van der Waals surface area contributed by atoms with E-state index in [4.69, 9.17) is 0 Å². The summed E-state index contributed by atoms with van der Waals surface area (Å²) >= 11 is 1.20. The minimum absolute atomic E-state index is 0.270. The van der Waals surface area contributed by atoms with Gasteiger partial charge in [-0.3, -0.25) is 14.4 Å². The van der Waals surface area contributed by atoms with Crippen LogP contribution in [-0.4, -0.2) is 26.5 Å². The molecule has 3 heterocycles. The van der Waals surface area contributed by atoms with Crippen molar-refractivity contribution in [2.24, 2.45) is 0 Å². The van der Waals surface area contributed by atoms with Crippen molar-refractivity contribution < 1.29 is 9.59 Å². The molecule has 3 aromatic heterocycles. The van der Waals surface area contributed by atoms with Crippen molar-refractivity contribution in [3.63, 3.8) is 0 Å². The second-order valence-electron chi connectivity index (χ2n) is 4.76. The Morgan fingerprint density at radius 1 is 1.27 bits per heavy atom. The summed E-state index contributed by atoms with van der Waals surface area (Å²) in [5.41, 5.74) is 0.0924. The highest BCUT2D eigenvalue weighted by Crippen LogP contribution is 2.28. The molecule has 8 heteroatoms. The zero-order valence-electron chi connectivity index (χ0n) is 12.2. The summed E-state index contributed by atoms with van der Waals surface area (Å²) in [5, 5.41) is 1.58. The van der Waals surface area contributed by atoms with Crippen LogP contribution in [-0.2, 0) is 9.59 Å². The molecule has 0 aromatic carbocycles. The molecule has 0 saturated heterocycles. The number of fused-ring (bicyclic) bond motifs is 3. The molecule has 0 bridgehead atoms. The van der Waals surface area contributed by atoms with Crippen molar-refractivity contribution in [2.75, 3.05) is 5.01 Å². The van der Waals surface area contributed by atoms with E-state index in [1.165, 1.54) is 25.2 Å². The lowest BCUT2D eigenvalue weighted by atomic mass is 10.3. The molecule has 0 unspecified atom stereocenters. The van der Waals surface area contributed by atoms with Gasteiger partial charge in [0.15, 0.2) is 0 Å². The first-order valence-corrected chi connectivity index (χ1v) is 7.32. The molecule has 0 atom stereocenters. The zero-order chi connectivity index (χ0) is 16.0. The quantitative estimate of drug-likeness (QED) is 0.676. The Balaban J connectivity index is 2.43. The molecular formula is C14H12N4O3S. The van der Waals surface area contributed by atoms with E-state index in [-0.39, 0.29) is 5.82 Å². The molecule has 0 N–H and O–H groups in total. The standard InChI is InChI=1S/C14H12N4O3S/c1-7-16-11-10-5-4-6-15-13(10)22-12(11)14(21)17(7)18(8(2)19)9(3)20/h4-6H,1-3H3. The lowest BCUT2D eigenvalue weighted by Crippen LogP contribution is -2.49. The second kappa shape index (κ2) is 4.99. The molecule has 3 rings (SSSR count). The van der Waals surface area contributed by atoms with E-state index in [1.807, 2.05) is 6.07 Å². The Kier molecular flexibility index (Phi) is 3.25. The number of carbonyl (C=O) groups is 2. The highest BCUT2D eigenvalue weighted by atomic mass is 32.1. The average molecular weight is 316 g/mol. The van der Waals surface area contributed by atoms with E-state index < -0.39 is 17.4 Å². The number of aromatic nitrogens is 3. The minimum atomic E-state index is -0.543. The molecule has 2 amide bonds. The first-order chi connectivity index (χ1) is 10.4. The number of aryl methyl sites for hydroxylation is 1. The van der Waals surface area contributed by atoms with Crippen LogP contribution in [0.1, 0.15) is 19.7 Å². The predicted molar refractivity (Wildman–Crippen MR) is 83.5 cm³/mol. The van der Waals surface area contributed by atoms with Crippen molar-refractivity contribution >= 4 is 43.6 Å². The van der Waals surface area contributed by atoms with Crippen molar-refractivity contribution in [1.82, 2.24) is 14.6 Å². The van der Waals surface area contributed by atoms with Gasteiger partial charge < -0.3 is 0 Å². The topological polar surface area (TPSA) is 85.2 Å². The lowest BCUT2D eigenvalue weighted by Gasteiger charge is -2.20. The van der Waals surface area contributed by atoms with Crippen LogP contribution in [0, 0.1) is 6.92 Å². The van der Waals surface area contributed by atoms with Crippen molar-refractivity contribution in [2.45, 2.75) is 20.8 Å². The smallest absolute Gasteiger partial charge is 0.273 e. The van der Waals surface area contributed by atoms with Gasteiger partial charge in [-0.25, -0.2) is 9.97 Å². The number of amides is 2. The highest BCUT2D eigenvalue weighted by molar-refractivity contribution is 7.25. The number of imide groups is 1. The molecular weight excluding hydrogens is 304 g/mol. The van der Waals surface area contributed by atoms with Gasteiger partial charge in [0.25, 0.3) is 5.56 Å². The molecule has 3 aromatic rings. The third kappa shape index (κ3) is 2.00. The molecule has 0 aliphatic rings. The van der Waals surface area contributed by atoms with Gasteiger partial charge in [0.05, 0.1) is 5.52 Å². The number of carbonyl (C=O) groups excluding carboxylic acids is 2. The van der Waals surface area contributed by atoms with Crippen molar-refractivity contribution in [3.05, 3.63) is 34.5 Å². The van der Waals surface area contributed by atoms with Crippen LogP contribution in [0.5, 0.6) is 0 Å². The van der Waals surface area contributed by atoms with Crippen LogP contribution in [0.25, 0.3) is 20.4 Å². The second-order valence-corrected chi connectivity index (χ2v) is 5.76. The van der Waals surface area contributed by atoms with Gasteiger partial charge in [0.2, 0.25) is 11.8 Å². The molecule has 112 valence electrons. The maximum atomic E-state index is 12.7. The number of thiophene rings is 1. The van der Waals surface area contributed by atoms with E-state index >= 15 is 0 Å². The van der Waals surface area contributed by atoms with Crippen LogP contribution in [0.4, 0.5) is 0 Å². The molecule has 22 heavy (non-hydrogen) atoms. The van der Waals surface area contributed by atoms with Gasteiger partial charge in [-0.15, -0.1) is 11.3 Å². The summed E-state index contributed by atoms with van der Waals surface area (Å²) in [7, 11) is 0. The van der Waals surface area contributed by atoms with Crippen molar-refractivity contribution in [1.29, 1.82) is 0 Å². The first-order valence-electron chi connectivity index (χ1n) is 6.50. The number of hydrogen-bond acceptors (Lipinski definition) is 6. The first kappa shape index (κ1) is 14.3. The highest BCUT2D eigenvalue weighted by Gasteiger charge is 2.23. The summed E-state index contributed by atoms with van der Waals surface area (Å²) in [4.78, 5) is 45.4. The van der Waals surface area contributed by atoms with Gasteiger partial charge in [-0.2, -0.15) is 9.69 Å². The van der Waals surface area contributed by atoms with E-state index in [9.17, 15) is 14.4 Å². The van der Waals surface area contributed by atoms with Crippen LogP contribution in [0.3, 0.4) is 0 Å². The Labute approximate surface area is 128 Å². The van der Waals surface area contributed by atoms with E-state index in [1.54, 1.807) is 19.2 Å². The fourth-order valence-electron chi connectivity index (χ4n) is 2.37. The number of rotatable bonds is 1. The maximum absolute atomic E-state index is 12.7. The molecule has 0 aliphatic carbocycles. The van der Waals surface area contributed by atoms with E-state index in [0.29, 0.717) is 15.0 Å². The molecule has 0 aliphatic heterocycles. The Hall–Kier alpha value is -2.61. The molecule has 0 radical (unpaired) electrons. The largest absolute Gasteiger partial charge is 0.291 e. The maximum Gasteiger partial charge on any atom is 0.291 e. The predicted octanol–water partition coefficient (Wildman–Crippen LogP) is 1.35. The average Bonchev–Trinajstić information content (AvgIpc) is 2.81. The number of nitrogens with zero attached hydrogens (tertiary/aromatic N) is 4. The monoisotopic (exact) mass is 316 g/mol. The Bertz CT molecular complexity index is 975. The van der Waals surface area contributed by atoms with Crippen LogP contribution in [0.15, 0.2) is 23.1 Å². The third-order valence-corrected chi connectivity index (χ3v) is 4.29. The Morgan fingerprint density at radius 3 is 2.59 bits per heavy atom. The van der Waals surface area contributed by atoms with Crippen LogP contribution in [0.2, 0.25) is 0 Å². The molecule has 7 nitrogen and oxygen atoms in total. The third-order valence-electron chi connectivity index (χ3n) is 3.20. The molecule has 0 spiro atoms. The summed E-state index contributed by atoms with van der Waals surface area (Å²) in [6.07, 6.45) is 1.64. The minimum Gasteiger partial charge on any atom is -0.273 e. The number of pyridine rings is 1. The van der Waals surface area contributed by atoms with Gasteiger partial charge in [-0.1, -0.05) is 0 Å². The van der Waals surface area contributed by atoms with Gasteiger partial charge >= 0.3 is 0 Å². The summed E-state index contributed by atoms with van der Waals surface area (Å²) in [5.74, 6) is -0.817. The van der Waals surface area contributed by atoms with E-state index in [0.717, 1.165) is 15.1 Å². The number of hydrogen-bond donors (Lipinski definition) is 0. The van der Waals surface area contributed by atoms with Gasteiger partial charge in [0.1, 0.15) is 15.4 Å². The molecule has 0 fully saturated rings. The fourth-order valence-corrected chi connectivity index (χ4v) is 3.37. The molecule has 0 saturated carbocycles. The van der Waals surface area contributed by atoms with Crippen molar-refractivity contribution in [3.8, 4) is 0 Å². The fraction of sp³-hybridized carbons (Fsp3) is 0.214. The summed E-state index contributed by atoms with van der Waals surface area (Å²) < 4.78 is 1.38. The van der Waals surface area contributed by atoms with Gasteiger partial charge in [0, 0.05) is 25.4 Å². The van der Waals surface area contributed by atoms with E-state index in [2.05, 4.69) is 9.97 Å².